The summed E-state index contributed by atoms with van der Waals surface area (Å²) in [6.45, 7) is 8.95. The van der Waals surface area contributed by atoms with E-state index in [4.69, 9.17) is 0 Å². The van der Waals surface area contributed by atoms with Gasteiger partial charge in [0.25, 0.3) is 0 Å². The SMILES string of the molecule is C[C@]12CC[C@H]3[C@@H](CC(C(=O)C4C[C@H]5[C@@H]6CC[C@H](C(=O)O)[C@@]6(C)CC[C@@H]5[C@@]5(C)CCC(=O)NC45)C4NC(=O)CC[C@@]43C)[C@@H]1CC[C@@H]2C(=O)O. The maximum atomic E-state index is 15.5. The molecule has 0 spiro atoms. The van der Waals surface area contributed by atoms with E-state index in [0.717, 1.165) is 51.4 Å². The lowest BCUT2D eigenvalue weighted by Gasteiger charge is -2.64. The maximum absolute atomic E-state index is 15.5. The van der Waals surface area contributed by atoms with Gasteiger partial charge < -0.3 is 20.8 Å². The van der Waals surface area contributed by atoms with Crippen LogP contribution in [0, 0.1) is 80.8 Å². The fourth-order valence-corrected chi connectivity index (χ4v) is 15.2. The van der Waals surface area contributed by atoms with Crippen LogP contribution in [-0.2, 0) is 24.0 Å². The van der Waals surface area contributed by atoms with Crippen LogP contribution in [0.5, 0.6) is 0 Å². The van der Waals surface area contributed by atoms with Gasteiger partial charge in [0.2, 0.25) is 11.8 Å². The van der Waals surface area contributed by atoms with Gasteiger partial charge in [0.1, 0.15) is 5.78 Å². The van der Waals surface area contributed by atoms with Crippen LogP contribution in [0.25, 0.3) is 0 Å². The standard InChI is InChI=1S/C39H56N2O7/c1-36-13-9-25-19(23(36)5-7-27(36)34(45)46)17-21(32-38(25,3)15-11-29(42)40-32)31(44)22-18-20-24-6-8-28(35(47)48)37(24,2)14-10-26(20)39(4)16-12-30(43)41-33(22)39/h19-28,32-33H,5-18H2,1-4H3,(H,40,42)(H,41,43)(H,45,46)(H,47,48)/t19-,20-,21?,22?,23-,24-,25-,26-,27+,28+,32?,33?,36-,37-,38+,39+/m0/s1. The van der Waals surface area contributed by atoms with Gasteiger partial charge in [0, 0.05) is 36.8 Å². The Hall–Kier alpha value is -2.45. The van der Waals surface area contributed by atoms with E-state index in [9.17, 15) is 29.4 Å². The monoisotopic (exact) mass is 664 g/mol. The van der Waals surface area contributed by atoms with Gasteiger partial charge in [0.05, 0.1) is 11.8 Å². The molecule has 8 fully saturated rings. The van der Waals surface area contributed by atoms with Crippen molar-refractivity contribution in [2.45, 2.75) is 130 Å². The second-order valence-corrected chi connectivity index (χ2v) is 19.0. The van der Waals surface area contributed by atoms with Crippen LogP contribution >= 0.6 is 0 Å². The third-order valence-electron chi connectivity index (χ3n) is 17.6. The Labute approximate surface area is 284 Å². The zero-order valence-electron chi connectivity index (χ0n) is 29.3. The summed E-state index contributed by atoms with van der Waals surface area (Å²) in [6.07, 6.45) is 10.4. The number of carbonyl (C=O) groups is 5. The average molecular weight is 665 g/mol. The first-order valence-corrected chi connectivity index (χ1v) is 19.2. The van der Waals surface area contributed by atoms with Crippen LogP contribution in [0.15, 0.2) is 0 Å². The average Bonchev–Trinajstić information content (AvgIpc) is 3.58. The van der Waals surface area contributed by atoms with Crippen LogP contribution in [0.2, 0.25) is 0 Å². The van der Waals surface area contributed by atoms with Gasteiger partial charge in [0.15, 0.2) is 0 Å². The number of fused-ring (bicyclic) bond motifs is 10. The summed E-state index contributed by atoms with van der Waals surface area (Å²) < 4.78 is 0. The normalized spacial score (nSPS) is 53.8. The van der Waals surface area contributed by atoms with Crippen molar-refractivity contribution in [1.82, 2.24) is 10.6 Å². The van der Waals surface area contributed by atoms with Crippen molar-refractivity contribution in [3.05, 3.63) is 0 Å². The number of carbonyl (C=O) groups excluding carboxylic acids is 3. The molecule has 6 aliphatic carbocycles. The molecule has 0 aromatic heterocycles. The lowest BCUT2D eigenvalue weighted by molar-refractivity contribution is -0.169. The predicted octanol–water partition coefficient (Wildman–Crippen LogP) is 5.45. The summed E-state index contributed by atoms with van der Waals surface area (Å²) in [4.78, 5) is 66.5. The molecule has 48 heavy (non-hydrogen) atoms. The van der Waals surface area contributed by atoms with Crippen molar-refractivity contribution < 1.29 is 34.2 Å². The molecule has 4 unspecified atom stereocenters. The first-order valence-electron chi connectivity index (χ1n) is 19.2. The van der Waals surface area contributed by atoms with Crippen LogP contribution in [0.1, 0.15) is 118 Å². The molecule has 9 heteroatoms. The molecule has 264 valence electrons. The smallest absolute Gasteiger partial charge is 0.307 e. The number of carboxylic acid groups (broad SMARTS) is 2. The summed E-state index contributed by atoms with van der Waals surface area (Å²) >= 11 is 0. The molecule has 8 rings (SSSR count). The van der Waals surface area contributed by atoms with Gasteiger partial charge in [-0.2, -0.15) is 0 Å². The second kappa shape index (κ2) is 10.8. The van der Waals surface area contributed by atoms with E-state index in [1.54, 1.807) is 0 Å². The molecule has 4 N–H and O–H groups in total. The van der Waals surface area contributed by atoms with Gasteiger partial charge in [-0.25, -0.2) is 0 Å². The molecule has 9 nitrogen and oxygen atoms in total. The van der Waals surface area contributed by atoms with E-state index in [2.05, 4.69) is 38.3 Å². The molecule has 0 radical (unpaired) electrons. The minimum absolute atomic E-state index is 0.00871. The number of amides is 2. The van der Waals surface area contributed by atoms with Gasteiger partial charge >= 0.3 is 11.9 Å². The first-order chi connectivity index (χ1) is 22.6. The Kier molecular flexibility index (Phi) is 7.35. The fourth-order valence-electron chi connectivity index (χ4n) is 15.2. The molecular formula is C39H56N2O7. The highest BCUT2D eigenvalue weighted by atomic mass is 16.4. The number of rotatable bonds is 4. The van der Waals surface area contributed by atoms with Crippen molar-refractivity contribution in [3.8, 4) is 0 Å². The Balaban J connectivity index is 1.17. The number of hydrogen-bond acceptors (Lipinski definition) is 5. The molecule has 2 aliphatic heterocycles. The summed E-state index contributed by atoms with van der Waals surface area (Å²) in [7, 11) is 0. The predicted molar refractivity (Wildman–Crippen MR) is 176 cm³/mol. The highest BCUT2D eigenvalue weighted by Gasteiger charge is 2.68. The lowest BCUT2D eigenvalue weighted by Crippen LogP contribution is -2.69. The van der Waals surface area contributed by atoms with Crippen LogP contribution in [0.4, 0.5) is 0 Å². The number of ketones is 1. The van der Waals surface area contributed by atoms with Gasteiger partial charge in [-0.3, -0.25) is 24.0 Å². The van der Waals surface area contributed by atoms with Crippen LogP contribution in [0.3, 0.4) is 0 Å². The number of aliphatic carboxylic acids is 2. The minimum Gasteiger partial charge on any atom is -0.481 e. The molecule has 6 saturated carbocycles. The van der Waals surface area contributed by atoms with E-state index < -0.39 is 11.9 Å². The molecule has 2 amide bonds. The Morgan fingerprint density at radius 3 is 1.31 bits per heavy atom. The fraction of sp³-hybridized carbons (Fsp3) is 0.872. The Morgan fingerprint density at radius 2 is 0.938 bits per heavy atom. The van der Waals surface area contributed by atoms with Gasteiger partial charge in [-0.05, 0) is 134 Å². The molecule has 0 aromatic rings. The van der Waals surface area contributed by atoms with E-state index in [1.807, 2.05) is 0 Å². The molecule has 2 heterocycles. The summed E-state index contributed by atoms with van der Waals surface area (Å²) in [6, 6.07) is -0.535. The molecular weight excluding hydrogens is 608 g/mol. The van der Waals surface area contributed by atoms with E-state index >= 15 is 4.79 Å². The molecule has 16 atom stereocenters. The zero-order valence-corrected chi connectivity index (χ0v) is 29.3. The van der Waals surface area contributed by atoms with Crippen molar-refractivity contribution in [3.63, 3.8) is 0 Å². The first kappa shape index (κ1) is 32.7. The van der Waals surface area contributed by atoms with Crippen molar-refractivity contribution in [1.29, 1.82) is 0 Å². The third-order valence-corrected chi connectivity index (χ3v) is 17.6. The van der Waals surface area contributed by atoms with E-state index in [0.29, 0.717) is 50.4 Å². The highest BCUT2D eigenvalue weighted by Crippen LogP contribution is 2.69. The summed E-state index contributed by atoms with van der Waals surface area (Å²) in [5, 5.41) is 27.1. The van der Waals surface area contributed by atoms with Gasteiger partial charge in [-0.1, -0.05) is 27.7 Å². The largest absolute Gasteiger partial charge is 0.481 e. The molecule has 8 aliphatic rings. The third kappa shape index (κ3) is 4.29. The number of Topliss-reactive ketones (excluding diaryl/α,β-unsaturated/α-hetero) is 1. The number of carboxylic acids is 2. The Morgan fingerprint density at radius 1 is 0.562 bits per heavy atom. The lowest BCUT2D eigenvalue weighted by atomic mass is 9.42. The minimum atomic E-state index is -0.698. The van der Waals surface area contributed by atoms with Crippen LogP contribution in [-0.4, -0.2) is 51.8 Å². The molecule has 0 aromatic carbocycles. The number of piperidine rings is 2. The number of hydrogen-bond donors (Lipinski definition) is 4. The van der Waals surface area contributed by atoms with Crippen molar-refractivity contribution in [2.75, 3.05) is 0 Å². The number of nitrogens with one attached hydrogen (secondary N) is 2. The van der Waals surface area contributed by atoms with Crippen LogP contribution < -0.4 is 10.6 Å². The Bertz CT molecular complexity index is 1340. The second-order valence-electron chi connectivity index (χ2n) is 19.0. The van der Waals surface area contributed by atoms with E-state index in [1.165, 1.54) is 0 Å². The molecule has 2 saturated heterocycles. The summed E-state index contributed by atoms with van der Waals surface area (Å²) in [5.74, 6) is -1.10. The highest BCUT2D eigenvalue weighted by molar-refractivity contribution is 5.88. The zero-order chi connectivity index (χ0) is 34.1. The molecule has 0 bridgehead atoms. The topological polar surface area (TPSA) is 150 Å². The van der Waals surface area contributed by atoms with Gasteiger partial charge in [-0.15, -0.1) is 0 Å². The summed E-state index contributed by atoms with van der Waals surface area (Å²) in [5.41, 5.74) is -1.07. The maximum Gasteiger partial charge on any atom is 0.307 e. The quantitative estimate of drug-likeness (QED) is 0.312. The van der Waals surface area contributed by atoms with Crippen molar-refractivity contribution >= 4 is 29.5 Å². The van der Waals surface area contributed by atoms with E-state index in [-0.39, 0.29) is 98.7 Å². The van der Waals surface area contributed by atoms with Crippen molar-refractivity contribution in [2.24, 2.45) is 80.8 Å².